The molecular weight excluding hydrogens is 416 g/mol. The summed E-state index contributed by atoms with van der Waals surface area (Å²) < 4.78 is 32.8. The van der Waals surface area contributed by atoms with Crippen LogP contribution in [0.25, 0.3) is 0 Å². The van der Waals surface area contributed by atoms with E-state index in [2.05, 4.69) is 5.32 Å². The number of benzene rings is 3. The highest BCUT2D eigenvalue weighted by molar-refractivity contribution is 6.31. The van der Waals surface area contributed by atoms with Crippen LogP contribution in [0.15, 0.2) is 60.7 Å². The maximum atomic E-state index is 14.0. The number of halogens is 3. The Morgan fingerprint density at radius 3 is 2.40 bits per heavy atom. The maximum absolute atomic E-state index is 14.0. The van der Waals surface area contributed by atoms with Crippen molar-refractivity contribution in [3.8, 4) is 11.5 Å². The molecule has 0 aliphatic heterocycles. The monoisotopic (exact) mass is 431 g/mol. The molecule has 0 saturated carbocycles. The van der Waals surface area contributed by atoms with Gasteiger partial charge in [0.1, 0.15) is 5.75 Å². The Morgan fingerprint density at radius 2 is 1.73 bits per heavy atom. The predicted molar refractivity (Wildman–Crippen MR) is 107 cm³/mol. The van der Waals surface area contributed by atoms with Crippen molar-refractivity contribution >= 4 is 23.5 Å². The van der Waals surface area contributed by atoms with E-state index in [1.165, 1.54) is 42.5 Å². The lowest BCUT2D eigenvalue weighted by Crippen LogP contribution is -2.27. The highest BCUT2D eigenvalue weighted by Crippen LogP contribution is 2.31. The minimum Gasteiger partial charge on any atom is -0.478 e. The van der Waals surface area contributed by atoms with Crippen LogP contribution in [0.3, 0.4) is 0 Å². The average Bonchev–Trinajstić information content (AvgIpc) is 2.72. The van der Waals surface area contributed by atoms with E-state index in [1.807, 2.05) is 0 Å². The summed E-state index contributed by atoms with van der Waals surface area (Å²) in [5.41, 5.74) is 0.828. The van der Waals surface area contributed by atoms with Gasteiger partial charge in [-0.25, -0.2) is 9.18 Å². The number of hydrogen-bond acceptors (Lipinski definition) is 3. The lowest BCUT2D eigenvalue weighted by atomic mass is 10.1. The van der Waals surface area contributed by atoms with Gasteiger partial charge in [-0.1, -0.05) is 29.8 Å². The van der Waals surface area contributed by atoms with Crippen LogP contribution >= 0.6 is 11.6 Å². The second-order valence-electron chi connectivity index (χ2n) is 6.42. The van der Waals surface area contributed by atoms with Gasteiger partial charge in [-0.15, -0.1) is 0 Å². The fourth-order valence-electron chi connectivity index (χ4n) is 2.72. The van der Waals surface area contributed by atoms with E-state index in [0.717, 1.165) is 6.07 Å². The topological polar surface area (TPSA) is 75.6 Å². The van der Waals surface area contributed by atoms with Crippen LogP contribution in [0.4, 0.5) is 8.78 Å². The number of amides is 1. The van der Waals surface area contributed by atoms with Gasteiger partial charge in [0.05, 0.1) is 17.2 Å². The SMILES string of the molecule is C[C@H](NC(=O)c1cc(Cl)ccc1Oc1cccc(F)c1F)c1ccc(C(=O)O)cc1. The quantitative estimate of drug-likeness (QED) is 0.532. The number of carboxylic acids is 1. The Balaban J connectivity index is 1.83. The van der Waals surface area contributed by atoms with Gasteiger partial charge in [-0.2, -0.15) is 4.39 Å². The fourth-order valence-corrected chi connectivity index (χ4v) is 2.89. The molecule has 8 heteroatoms. The number of nitrogens with one attached hydrogen (secondary N) is 1. The molecule has 1 atom stereocenters. The molecule has 2 N–H and O–H groups in total. The number of hydrogen-bond donors (Lipinski definition) is 2. The highest BCUT2D eigenvalue weighted by atomic mass is 35.5. The molecule has 0 fully saturated rings. The third kappa shape index (κ3) is 4.75. The van der Waals surface area contributed by atoms with Crippen LogP contribution in [0.2, 0.25) is 5.02 Å². The van der Waals surface area contributed by atoms with Crippen molar-refractivity contribution in [2.45, 2.75) is 13.0 Å². The second-order valence-corrected chi connectivity index (χ2v) is 6.85. The molecule has 0 saturated heterocycles. The smallest absolute Gasteiger partial charge is 0.335 e. The van der Waals surface area contributed by atoms with Crippen molar-refractivity contribution in [1.29, 1.82) is 0 Å². The van der Waals surface area contributed by atoms with Crippen LogP contribution < -0.4 is 10.1 Å². The van der Waals surface area contributed by atoms with Gasteiger partial charge in [-0.3, -0.25) is 4.79 Å². The molecular formula is C22H16ClF2NO4. The Bertz CT molecular complexity index is 1100. The predicted octanol–water partition coefficient (Wildman–Crippen LogP) is 5.60. The van der Waals surface area contributed by atoms with Gasteiger partial charge in [0, 0.05) is 5.02 Å². The number of carboxylic acid groups (broad SMARTS) is 1. The third-order valence-corrected chi connectivity index (χ3v) is 4.56. The number of aromatic carboxylic acids is 1. The largest absolute Gasteiger partial charge is 0.478 e. The first-order valence-electron chi connectivity index (χ1n) is 8.82. The van der Waals surface area contributed by atoms with Crippen molar-refractivity contribution in [3.63, 3.8) is 0 Å². The summed E-state index contributed by atoms with van der Waals surface area (Å²) in [6, 6.07) is 13.2. The Labute approximate surface area is 175 Å². The van der Waals surface area contributed by atoms with Crippen molar-refractivity contribution in [3.05, 3.63) is 94.0 Å². The fraction of sp³-hybridized carbons (Fsp3) is 0.0909. The first-order chi connectivity index (χ1) is 14.3. The van der Waals surface area contributed by atoms with E-state index >= 15 is 0 Å². The van der Waals surface area contributed by atoms with Crippen LogP contribution in [-0.2, 0) is 0 Å². The normalized spacial score (nSPS) is 11.6. The molecule has 30 heavy (non-hydrogen) atoms. The molecule has 154 valence electrons. The van der Waals surface area contributed by atoms with Crippen molar-refractivity contribution in [2.24, 2.45) is 0 Å². The standard InChI is InChI=1S/C22H16ClF2NO4/c1-12(13-5-7-14(8-6-13)22(28)29)26-21(27)16-11-15(23)9-10-18(16)30-19-4-2-3-17(24)20(19)25/h2-12H,1H3,(H,26,27)(H,28,29)/t12-/m0/s1. The van der Waals surface area contributed by atoms with Crippen LogP contribution in [-0.4, -0.2) is 17.0 Å². The van der Waals surface area contributed by atoms with Crippen molar-refractivity contribution in [2.75, 3.05) is 0 Å². The molecule has 3 aromatic carbocycles. The van der Waals surface area contributed by atoms with Gasteiger partial charge in [0.2, 0.25) is 5.82 Å². The van der Waals surface area contributed by atoms with Gasteiger partial charge < -0.3 is 15.2 Å². The lowest BCUT2D eigenvalue weighted by Gasteiger charge is -2.17. The number of carbonyl (C=O) groups excluding carboxylic acids is 1. The van der Waals surface area contributed by atoms with E-state index in [-0.39, 0.29) is 27.6 Å². The molecule has 3 aromatic rings. The van der Waals surface area contributed by atoms with E-state index in [9.17, 15) is 18.4 Å². The van der Waals surface area contributed by atoms with Crippen molar-refractivity contribution in [1.82, 2.24) is 5.32 Å². The number of carbonyl (C=O) groups is 2. The Morgan fingerprint density at radius 1 is 1.03 bits per heavy atom. The molecule has 0 spiro atoms. The highest BCUT2D eigenvalue weighted by Gasteiger charge is 2.19. The second kappa shape index (κ2) is 8.92. The molecule has 0 bridgehead atoms. The molecule has 3 rings (SSSR count). The average molecular weight is 432 g/mol. The summed E-state index contributed by atoms with van der Waals surface area (Å²) in [5.74, 6) is -4.24. The van der Waals surface area contributed by atoms with E-state index in [4.69, 9.17) is 21.4 Å². The zero-order valence-electron chi connectivity index (χ0n) is 15.7. The lowest BCUT2D eigenvalue weighted by molar-refractivity contribution is 0.0696. The minimum absolute atomic E-state index is 0.00479. The molecule has 0 aliphatic carbocycles. The van der Waals surface area contributed by atoms with Gasteiger partial charge >= 0.3 is 5.97 Å². The summed E-state index contributed by atoms with van der Waals surface area (Å²) in [7, 11) is 0. The van der Waals surface area contributed by atoms with E-state index in [1.54, 1.807) is 19.1 Å². The molecule has 1 amide bonds. The summed E-state index contributed by atoms with van der Waals surface area (Å²) in [6.07, 6.45) is 0. The van der Waals surface area contributed by atoms with Gasteiger partial charge in [0.15, 0.2) is 11.6 Å². The first kappa shape index (κ1) is 21.3. The van der Waals surface area contributed by atoms with Crippen LogP contribution in [0.5, 0.6) is 11.5 Å². The Hall–Kier alpha value is -3.45. The summed E-state index contributed by atoms with van der Waals surface area (Å²) in [6.45, 7) is 1.71. The molecule has 0 aliphatic rings. The van der Waals surface area contributed by atoms with Crippen molar-refractivity contribution < 1.29 is 28.2 Å². The van der Waals surface area contributed by atoms with Crippen LogP contribution in [0.1, 0.15) is 39.2 Å². The van der Waals surface area contributed by atoms with Gasteiger partial charge in [-0.05, 0) is 55.0 Å². The van der Waals surface area contributed by atoms with E-state index < -0.39 is 29.6 Å². The molecule has 0 aromatic heterocycles. The molecule has 0 radical (unpaired) electrons. The summed E-state index contributed by atoms with van der Waals surface area (Å²) in [4.78, 5) is 23.8. The van der Waals surface area contributed by atoms with Crippen LogP contribution in [0, 0.1) is 11.6 Å². The maximum Gasteiger partial charge on any atom is 0.335 e. The number of ether oxygens (including phenoxy) is 1. The summed E-state index contributed by atoms with van der Waals surface area (Å²) in [5, 5.41) is 12.0. The Kier molecular flexibility index (Phi) is 6.32. The van der Waals surface area contributed by atoms with Gasteiger partial charge in [0.25, 0.3) is 5.91 Å². The molecule has 0 unspecified atom stereocenters. The first-order valence-corrected chi connectivity index (χ1v) is 9.19. The number of rotatable bonds is 6. The molecule has 5 nitrogen and oxygen atoms in total. The summed E-state index contributed by atoms with van der Waals surface area (Å²) >= 11 is 6.00. The zero-order chi connectivity index (χ0) is 21.8. The minimum atomic E-state index is -1.18. The van der Waals surface area contributed by atoms with E-state index in [0.29, 0.717) is 5.56 Å². The third-order valence-electron chi connectivity index (χ3n) is 4.33. The zero-order valence-corrected chi connectivity index (χ0v) is 16.4. The molecule has 0 heterocycles.